The van der Waals surface area contributed by atoms with Crippen molar-refractivity contribution in [2.75, 3.05) is 5.32 Å². The molecule has 0 unspecified atom stereocenters. The number of H-pyrrole nitrogens is 1. The van der Waals surface area contributed by atoms with Crippen LogP contribution >= 0.6 is 11.3 Å². The van der Waals surface area contributed by atoms with E-state index in [4.69, 9.17) is 4.74 Å². The van der Waals surface area contributed by atoms with Crippen molar-refractivity contribution < 1.29 is 22.7 Å². The molecule has 0 spiro atoms. The number of carbonyl (C=O) groups is 1. The summed E-state index contributed by atoms with van der Waals surface area (Å²) in [5, 5.41) is 10.0. The molecule has 0 atom stereocenters. The Morgan fingerprint density at radius 2 is 2.15 bits per heavy atom. The zero-order chi connectivity index (χ0) is 18.7. The van der Waals surface area contributed by atoms with E-state index in [1.54, 1.807) is 17.2 Å². The number of rotatable bonds is 5. The lowest BCUT2D eigenvalue weighted by atomic mass is 10.2. The molecule has 0 saturated carbocycles. The van der Waals surface area contributed by atoms with E-state index in [-0.39, 0.29) is 12.2 Å². The second kappa shape index (κ2) is 7.12. The van der Waals surface area contributed by atoms with Crippen molar-refractivity contribution in [3.05, 3.63) is 51.7 Å². The van der Waals surface area contributed by atoms with Gasteiger partial charge < -0.3 is 4.74 Å². The van der Waals surface area contributed by atoms with E-state index in [1.165, 1.54) is 23.5 Å². The minimum atomic E-state index is -4.67. The Labute approximate surface area is 149 Å². The number of nitrogens with zero attached hydrogens (tertiary/aromatic N) is 3. The number of aromatic nitrogens is 4. The molecule has 7 nitrogen and oxygen atoms in total. The molecule has 2 aromatic heterocycles. The number of amides is 1. The lowest BCUT2D eigenvalue weighted by molar-refractivity contribution is -0.144. The summed E-state index contributed by atoms with van der Waals surface area (Å²) >= 11 is 1.50. The van der Waals surface area contributed by atoms with Crippen LogP contribution in [0.4, 0.5) is 19.1 Å². The molecule has 1 amide bonds. The molecular formula is C15H12F3N5O2S. The van der Waals surface area contributed by atoms with Gasteiger partial charge in [-0.25, -0.2) is 4.98 Å². The largest absolute Gasteiger partial charge is 0.487 e. The van der Waals surface area contributed by atoms with Crippen molar-refractivity contribution in [3.63, 3.8) is 0 Å². The number of anilines is 1. The maximum atomic E-state index is 12.5. The first-order valence-electron chi connectivity index (χ1n) is 7.26. The molecule has 3 rings (SSSR count). The van der Waals surface area contributed by atoms with Crippen LogP contribution in [0.25, 0.3) is 0 Å². The van der Waals surface area contributed by atoms with Crippen LogP contribution in [-0.4, -0.2) is 26.1 Å². The molecule has 136 valence electrons. The standard InChI is InChI=1S/C15H12F3N5O2S/c1-8-19-10(7-26-8)6-25-11-4-2-3-9(5-11)12(24)20-14-21-13(22-23-14)15(16,17)18/h2-5,7H,6H2,1H3,(H2,20,21,22,23,24). The first-order valence-corrected chi connectivity index (χ1v) is 8.14. The van der Waals surface area contributed by atoms with Crippen molar-refractivity contribution in [1.82, 2.24) is 20.2 Å². The number of benzene rings is 1. The minimum Gasteiger partial charge on any atom is -0.487 e. The van der Waals surface area contributed by atoms with Crippen LogP contribution < -0.4 is 10.1 Å². The third kappa shape index (κ3) is 4.36. The number of halogens is 3. The first kappa shape index (κ1) is 17.9. The smallest absolute Gasteiger partial charge is 0.451 e. The van der Waals surface area contributed by atoms with Gasteiger partial charge in [0.2, 0.25) is 11.8 Å². The summed E-state index contributed by atoms with van der Waals surface area (Å²) in [6, 6.07) is 6.21. The highest BCUT2D eigenvalue weighted by molar-refractivity contribution is 7.09. The van der Waals surface area contributed by atoms with Crippen LogP contribution in [0.3, 0.4) is 0 Å². The van der Waals surface area contributed by atoms with Crippen molar-refractivity contribution in [1.29, 1.82) is 0 Å². The maximum absolute atomic E-state index is 12.5. The number of ether oxygens (including phenoxy) is 1. The molecule has 1 aromatic carbocycles. The summed E-state index contributed by atoms with van der Waals surface area (Å²) in [5.74, 6) is -1.99. The van der Waals surface area contributed by atoms with Gasteiger partial charge in [0.1, 0.15) is 12.4 Å². The van der Waals surface area contributed by atoms with E-state index in [1.807, 2.05) is 12.3 Å². The number of aryl methyl sites for hydroxylation is 1. The van der Waals surface area contributed by atoms with E-state index < -0.39 is 23.9 Å². The second-order valence-corrected chi connectivity index (χ2v) is 6.20. The Morgan fingerprint density at radius 1 is 1.35 bits per heavy atom. The fraction of sp³-hybridized carbons (Fsp3) is 0.200. The summed E-state index contributed by atoms with van der Waals surface area (Å²) < 4.78 is 43.0. The van der Waals surface area contributed by atoms with Gasteiger partial charge in [-0.2, -0.15) is 18.2 Å². The van der Waals surface area contributed by atoms with Gasteiger partial charge in [0.25, 0.3) is 5.91 Å². The highest BCUT2D eigenvalue weighted by Gasteiger charge is 2.35. The average molecular weight is 383 g/mol. The number of alkyl halides is 3. The van der Waals surface area contributed by atoms with Crippen molar-refractivity contribution in [2.24, 2.45) is 0 Å². The Balaban J connectivity index is 1.65. The van der Waals surface area contributed by atoms with E-state index in [2.05, 4.69) is 20.4 Å². The number of hydrogen-bond acceptors (Lipinski definition) is 6. The van der Waals surface area contributed by atoms with Crippen molar-refractivity contribution in [3.8, 4) is 5.75 Å². The quantitative estimate of drug-likeness (QED) is 0.704. The highest BCUT2D eigenvalue weighted by atomic mass is 32.1. The summed E-state index contributed by atoms with van der Waals surface area (Å²) in [6.45, 7) is 2.12. The number of carbonyl (C=O) groups excluding carboxylic acids is 1. The predicted molar refractivity (Wildman–Crippen MR) is 87.0 cm³/mol. The Bertz CT molecular complexity index is 922. The summed E-state index contributed by atoms with van der Waals surface area (Å²) in [6.07, 6.45) is -4.67. The van der Waals surface area contributed by atoms with E-state index in [0.717, 1.165) is 10.7 Å². The van der Waals surface area contributed by atoms with Gasteiger partial charge in [-0.3, -0.25) is 15.2 Å². The van der Waals surface area contributed by atoms with Gasteiger partial charge in [-0.1, -0.05) is 6.07 Å². The van der Waals surface area contributed by atoms with Gasteiger partial charge in [0.15, 0.2) is 0 Å². The van der Waals surface area contributed by atoms with Gasteiger partial charge >= 0.3 is 6.18 Å². The molecule has 3 aromatic rings. The number of hydrogen-bond donors (Lipinski definition) is 2. The first-order chi connectivity index (χ1) is 12.3. The fourth-order valence-corrected chi connectivity index (χ4v) is 2.57. The topological polar surface area (TPSA) is 92.8 Å². The molecular weight excluding hydrogens is 371 g/mol. The number of thiazole rings is 1. The molecule has 0 fully saturated rings. The Kier molecular flexibility index (Phi) is 4.89. The summed E-state index contributed by atoms with van der Waals surface area (Å²) in [5.41, 5.74) is 0.957. The van der Waals surface area contributed by atoms with Gasteiger partial charge in [0, 0.05) is 10.9 Å². The molecule has 2 N–H and O–H groups in total. The molecule has 0 aliphatic heterocycles. The molecule has 0 aliphatic carbocycles. The SMILES string of the molecule is Cc1nc(COc2cccc(C(=O)Nc3n[nH]c(C(F)(F)F)n3)c2)cs1. The average Bonchev–Trinajstić information content (AvgIpc) is 3.22. The minimum absolute atomic E-state index is 0.190. The van der Waals surface area contributed by atoms with E-state index >= 15 is 0 Å². The van der Waals surface area contributed by atoms with Crippen LogP contribution in [0.15, 0.2) is 29.6 Å². The van der Waals surface area contributed by atoms with Gasteiger partial charge in [0.05, 0.1) is 10.7 Å². The van der Waals surface area contributed by atoms with Crippen molar-refractivity contribution in [2.45, 2.75) is 19.7 Å². The highest BCUT2D eigenvalue weighted by Crippen LogP contribution is 2.26. The molecule has 0 radical (unpaired) electrons. The summed E-state index contributed by atoms with van der Waals surface area (Å²) in [4.78, 5) is 19.6. The normalized spacial score (nSPS) is 11.4. The molecule has 0 bridgehead atoms. The van der Waals surface area contributed by atoms with Crippen LogP contribution in [-0.2, 0) is 12.8 Å². The van der Waals surface area contributed by atoms with Crippen LogP contribution in [0, 0.1) is 6.92 Å². The molecule has 26 heavy (non-hydrogen) atoms. The van der Waals surface area contributed by atoms with Gasteiger partial charge in [-0.05, 0) is 25.1 Å². The third-order valence-corrected chi connectivity index (χ3v) is 3.95. The number of aromatic amines is 1. The molecule has 0 saturated heterocycles. The van der Waals surface area contributed by atoms with Crippen LogP contribution in [0.2, 0.25) is 0 Å². The monoisotopic (exact) mass is 383 g/mol. The fourth-order valence-electron chi connectivity index (χ4n) is 1.98. The zero-order valence-electron chi connectivity index (χ0n) is 13.3. The van der Waals surface area contributed by atoms with Crippen molar-refractivity contribution >= 4 is 23.2 Å². The zero-order valence-corrected chi connectivity index (χ0v) is 14.1. The predicted octanol–water partition coefficient (Wildman–Crippen LogP) is 3.42. The lowest BCUT2D eigenvalue weighted by Gasteiger charge is -2.06. The van der Waals surface area contributed by atoms with E-state index in [9.17, 15) is 18.0 Å². The summed E-state index contributed by atoms with van der Waals surface area (Å²) in [7, 11) is 0. The van der Waals surface area contributed by atoms with E-state index in [0.29, 0.717) is 5.75 Å². The van der Waals surface area contributed by atoms with Crippen LogP contribution in [0.1, 0.15) is 26.9 Å². The maximum Gasteiger partial charge on any atom is 0.451 e. The van der Waals surface area contributed by atoms with Gasteiger partial charge in [-0.15, -0.1) is 16.4 Å². The molecule has 0 aliphatic rings. The molecule has 2 heterocycles. The number of nitrogens with one attached hydrogen (secondary N) is 2. The Hall–Kier alpha value is -2.95. The van der Waals surface area contributed by atoms with Crippen LogP contribution in [0.5, 0.6) is 5.75 Å². The molecule has 11 heteroatoms. The lowest BCUT2D eigenvalue weighted by Crippen LogP contribution is -2.13. The Morgan fingerprint density at radius 3 is 2.81 bits per heavy atom. The second-order valence-electron chi connectivity index (χ2n) is 5.13. The third-order valence-electron chi connectivity index (χ3n) is 3.13.